The third-order valence-electron chi connectivity index (χ3n) is 3.80. The fourth-order valence-corrected chi connectivity index (χ4v) is 2.75. The Labute approximate surface area is 118 Å². The Morgan fingerprint density at radius 2 is 2.20 bits per heavy atom. The minimum absolute atomic E-state index is 0.00375. The zero-order chi connectivity index (χ0) is 14.7. The zero-order valence-corrected chi connectivity index (χ0v) is 11.9. The summed E-state index contributed by atoms with van der Waals surface area (Å²) in [5, 5.41) is 16.2. The Bertz CT molecular complexity index is 510. The molecule has 2 N–H and O–H groups in total. The molecule has 0 spiro atoms. The van der Waals surface area contributed by atoms with E-state index in [4.69, 9.17) is 5.11 Å². The lowest BCUT2D eigenvalue weighted by Gasteiger charge is -2.12. The summed E-state index contributed by atoms with van der Waals surface area (Å²) in [6.45, 7) is 4.45. The van der Waals surface area contributed by atoms with Gasteiger partial charge in [-0.2, -0.15) is 5.10 Å². The molecule has 6 heteroatoms. The van der Waals surface area contributed by atoms with Crippen molar-refractivity contribution in [1.29, 1.82) is 0 Å². The first-order chi connectivity index (χ1) is 9.45. The van der Waals surface area contributed by atoms with Crippen LogP contribution in [0.5, 0.6) is 0 Å². The molecule has 2 rings (SSSR count). The average molecular weight is 279 g/mol. The smallest absolute Gasteiger partial charge is 0.306 e. The van der Waals surface area contributed by atoms with Gasteiger partial charge in [-0.15, -0.1) is 0 Å². The van der Waals surface area contributed by atoms with E-state index < -0.39 is 5.97 Å². The molecule has 1 aromatic rings. The van der Waals surface area contributed by atoms with Gasteiger partial charge in [0.25, 0.3) is 0 Å². The number of carbonyl (C=O) groups excluding carboxylic acids is 1. The molecule has 110 valence electrons. The number of hydrogen-bond acceptors (Lipinski definition) is 3. The van der Waals surface area contributed by atoms with Crippen LogP contribution in [-0.2, 0) is 16.1 Å². The number of carboxylic acids is 1. The number of carbonyl (C=O) groups is 2. The predicted molar refractivity (Wildman–Crippen MR) is 73.2 cm³/mol. The average Bonchev–Trinajstić information content (AvgIpc) is 2.94. The summed E-state index contributed by atoms with van der Waals surface area (Å²) in [4.78, 5) is 22.7. The largest absolute Gasteiger partial charge is 0.481 e. The lowest BCUT2D eigenvalue weighted by Crippen LogP contribution is -2.34. The lowest BCUT2D eigenvalue weighted by molar-refractivity contribution is -0.141. The number of amides is 1. The molecule has 1 saturated carbocycles. The molecule has 0 aliphatic heterocycles. The number of rotatable bonds is 5. The Balaban J connectivity index is 1.76. The van der Waals surface area contributed by atoms with Gasteiger partial charge in [0.15, 0.2) is 0 Å². The summed E-state index contributed by atoms with van der Waals surface area (Å²) in [5.41, 5.74) is 1.99. The van der Waals surface area contributed by atoms with Gasteiger partial charge in [0, 0.05) is 24.7 Å². The van der Waals surface area contributed by atoms with E-state index in [0.717, 1.165) is 17.8 Å². The van der Waals surface area contributed by atoms with Gasteiger partial charge in [0.05, 0.1) is 11.6 Å². The lowest BCUT2D eigenvalue weighted by atomic mass is 10.1. The number of nitrogens with zero attached hydrogens (tertiary/aromatic N) is 2. The third kappa shape index (κ3) is 3.59. The van der Waals surface area contributed by atoms with Crippen molar-refractivity contribution in [3.63, 3.8) is 0 Å². The Morgan fingerprint density at radius 3 is 2.75 bits per heavy atom. The highest BCUT2D eigenvalue weighted by Crippen LogP contribution is 2.25. The fourth-order valence-electron chi connectivity index (χ4n) is 2.75. The molecular weight excluding hydrogens is 258 g/mol. The van der Waals surface area contributed by atoms with E-state index in [9.17, 15) is 9.59 Å². The molecule has 2 atom stereocenters. The summed E-state index contributed by atoms with van der Waals surface area (Å²) in [6.07, 6.45) is 2.32. The molecule has 20 heavy (non-hydrogen) atoms. The molecule has 1 fully saturated rings. The summed E-state index contributed by atoms with van der Waals surface area (Å²) in [6, 6.07) is 1.98. The first kappa shape index (κ1) is 14.6. The third-order valence-corrected chi connectivity index (χ3v) is 3.80. The van der Waals surface area contributed by atoms with Gasteiger partial charge in [-0.05, 0) is 39.2 Å². The van der Waals surface area contributed by atoms with Gasteiger partial charge in [-0.1, -0.05) is 0 Å². The van der Waals surface area contributed by atoms with Crippen LogP contribution in [0.3, 0.4) is 0 Å². The normalized spacial score (nSPS) is 21.9. The second-order valence-corrected chi connectivity index (χ2v) is 5.51. The number of hydrogen-bond donors (Lipinski definition) is 2. The Morgan fingerprint density at radius 1 is 1.45 bits per heavy atom. The molecule has 1 aliphatic carbocycles. The fraction of sp³-hybridized carbons (Fsp3) is 0.643. The van der Waals surface area contributed by atoms with E-state index in [1.165, 1.54) is 0 Å². The molecule has 2 unspecified atom stereocenters. The second kappa shape index (κ2) is 6.07. The quantitative estimate of drug-likeness (QED) is 0.850. The van der Waals surface area contributed by atoms with E-state index in [-0.39, 0.29) is 17.9 Å². The first-order valence-electron chi connectivity index (χ1n) is 6.99. The summed E-state index contributed by atoms with van der Waals surface area (Å²) < 4.78 is 1.82. The monoisotopic (exact) mass is 279 g/mol. The molecule has 1 aliphatic rings. The van der Waals surface area contributed by atoms with Crippen LogP contribution in [0, 0.1) is 19.8 Å². The maximum atomic E-state index is 11.9. The van der Waals surface area contributed by atoms with Gasteiger partial charge in [-0.25, -0.2) is 0 Å². The number of nitrogens with one attached hydrogen (secondary N) is 1. The minimum atomic E-state index is -0.760. The highest BCUT2D eigenvalue weighted by molar-refractivity contribution is 5.76. The van der Waals surface area contributed by atoms with Crippen LogP contribution in [0.4, 0.5) is 0 Å². The Hall–Kier alpha value is -1.85. The van der Waals surface area contributed by atoms with E-state index in [1.54, 1.807) is 0 Å². The SMILES string of the molecule is Cc1cc(C)n(CCC(=O)NC2CCC(C(=O)O)C2)n1. The number of aryl methyl sites for hydroxylation is 3. The van der Waals surface area contributed by atoms with Crippen LogP contribution in [0.1, 0.15) is 37.1 Å². The van der Waals surface area contributed by atoms with Crippen molar-refractivity contribution in [2.45, 2.75) is 52.1 Å². The number of aliphatic carboxylic acids is 1. The van der Waals surface area contributed by atoms with Gasteiger partial charge >= 0.3 is 5.97 Å². The molecular formula is C14H21N3O3. The predicted octanol–water partition coefficient (Wildman–Crippen LogP) is 1.26. The molecule has 0 saturated heterocycles. The van der Waals surface area contributed by atoms with Crippen LogP contribution < -0.4 is 5.32 Å². The van der Waals surface area contributed by atoms with Crippen molar-refractivity contribution < 1.29 is 14.7 Å². The maximum absolute atomic E-state index is 11.9. The van der Waals surface area contributed by atoms with E-state index in [0.29, 0.717) is 25.8 Å². The minimum Gasteiger partial charge on any atom is -0.481 e. The van der Waals surface area contributed by atoms with Gasteiger partial charge in [-0.3, -0.25) is 14.3 Å². The molecule has 1 aromatic heterocycles. The van der Waals surface area contributed by atoms with Crippen LogP contribution in [0.2, 0.25) is 0 Å². The van der Waals surface area contributed by atoms with Crippen LogP contribution >= 0.6 is 0 Å². The maximum Gasteiger partial charge on any atom is 0.306 e. The molecule has 1 heterocycles. The topological polar surface area (TPSA) is 84.2 Å². The summed E-state index contributed by atoms with van der Waals surface area (Å²) >= 11 is 0. The number of aromatic nitrogens is 2. The summed E-state index contributed by atoms with van der Waals surface area (Å²) in [5.74, 6) is -1.10. The number of carboxylic acid groups (broad SMARTS) is 1. The van der Waals surface area contributed by atoms with Crippen molar-refractivity contribution in [3.05, 3.63) is 17.5 Å². The van der Waals surface area contributed by atoms with Gasteiger partial charge in [0.2, 0.25) is 5.91 Å². The van der Waals surface area contributed by atoms with E-state index in [2.05, 4.69) is 10.4 Å². The molecule has 1 amide bonds. The van der Waals surface area contributed by atoms with Crippen LogP contribution in [0.25, 0.3) is 0 Å². The van der Waals surface area contributed by atoms with Crippen molar-refractivity contribution in [3.8, 4) is 0 Å². The molecule has 6 nitrogen and oxygen atoms in total. The Kier molecular flexibility index (Phi) is 4.42. The van der Waals surface area contributed by atoms with Crippen LogP contribution in [-0.4, -0.2) is 32.8 Å². The second-order valence-electron chi connectivity index (χ2n) is 5.51. The molecule has 0 radical (unpaired) electrons. The van der Waals surface area contributed by atoms with Crippen molar-refractivity contribution >= 4 is 11.9 Å². The van der Waals surface area contributed by atoms with Gasteiger partial charge < -0.3 is 10.4 Å². The zero-order valence-electron chi connectivity index (χ0n) is 11.9. The van der Waals surface area contributed by atoms with Crippen LogP contribution in [0.15, 0.2) is 6.07 Å². The van der Waals surface area contributed by atoms with Gasteiger partial charge in [0.1, 0.15) is 0 Å². The molecule has 0 bridgehead atoms. The molecule has 0 aromatic carbocycles. The standard InChI is InChI=1S/C14H21N3O3/c1-9-7-10(2)17(16-9)6-5-13(18)15-12-4-3-11(8-12)14(19)20/h7,11-12H,3-6,8H2,1-2H3,(H,15,18)(H,19,20). The highest BCUT2D eigenvalue weighted by Gasteiger charge is 2.30. The van der Waals surface area contributed by atoms with Crippen molar-refractivity contribution in [2.24, 2.45) is 5.92 Å². The first-order valence-corrected chi connectivity index (χ1v) is 6.99. The van der Waals surface area contributed by atoms with Crippen molar-refractivity contribution in [1.82, 2.24) is 15.1 Å². The van der Waals surface area contributed by atoms with E-state index >= 15 is 0 Å². The highest BCUT2D eigenvalue weighted by atomic mass is 16.4. The van der Waals surface area contributed by atoms with E-state index in [1.807, 2.05) is 24.6 Å². The van der Waals surface area contributed by atoms with Crippen molar-refractivity contribution in [2.75, 3.05) is 0 Å². The summed E-state index contributed by atoms with van der Waals surface area (Å²) in [7, 11) is 0.